The zero-order valence-corrected chi connectivity index (χ0v) is 18.1. The molecule has 146 valence electrons. The highest BCUT2D eigenvalue weighted by molar-refractivity contribution is 5.85. The average molecular weight is 370 g/mol. The van der Waals surface area contributed by atoms with Crippen LogP contribution in [0.15, 0.2) is 46.6 Å². The van der Waals surface area contributed by atoms with Crippen LogP contribution in [-0.4, -0.2) is 36.2 Å². The van der Waals surface area contributed by atoms with Crippen LogP contribution in [0.1, 0.15) is 67.2 Å². The van der Waals surface area contributed by atoms with E-state index in [1.807, 2.05) is 0 Å². The second kappa shape index (κ2) is 16.6. The van der Waals surface area contributed by atoms with Crippen LogP contribution in [0.3, 0.4) is 0 Å². The molecule has 0 rings (SSSR count). The van der Waals surface area contributed by atoms with Gasteiger partial charge in [-0.15, -0.1) is 12.4 Å². The van der Waals surface area contributed by atoms with E-state index in [9.17, 15) is 5.11 Å². The molecule has 0 unspecified atom stereocenters. The first-order chi connectivity index (χ1) is 11.3. The van der Waals surface area contributed by atoms with E-state index in [2.05, 4.69) is 70.7 Å². The zero-order chi connectivity index (χ0) is 18.4. The predicted octanol–water partition coefficient (Wildman–Crippen LogP) is 6.09. The van der Waals surface area contributed by atoms with Crippen molar-refractivity contribution in [2.75, 3.05) is 26.2 Å². The number of halogens is 1. The first-order valence-electron chi connectivity index (χ1n) is 9.26. The lowest BCUT2D eigenvalue weighted by Gasteiger charge is -2.18. The Kier molecular flexibility index (Phi) is 17.6. The van der Waals surface area contributed by atoms with Gasteiger partial charge in [0.05, 0.1) is 6.61 Å². The fourth-order valence-electron chi connectivity index (χ4n) is 2.35. The Balaban J connectivity index is 0. The fraction of sp³-hybridized carbons (Fsp3) is 0.636. The topological polar surface area (TPSA) is 23.5 Å². The van der Waals surface area contributed by atoms with Gasteiger partial charge in [-0.2, -0.15) is 0 Å². The lowest BCUT2D eigenvalue weighted by Crippen LogP contribution is -2.27. The lowest BCUT2D eigenvalue weighted by molar-refractivity contribution is 0.220. The van der Waals surface area contributed by atoms with Crippen molar-refractivity contribution in [3.8, 4) is 0 Å². The molecular formula is C22H40ClNO. The van der Waals surface area contributed by atoms with Crippen LogP contribution in [0.25, 0.3) is 0 Å². The third kappa shape index (κ3) is 17.8. The maximum Gasteiger partial charge on any atom is 0.0558 e. The molecule has 0 aromatic heterocycles. The SMILES string of the molecule is CC(C)=CCC/C(C)=C/CN(C/C=C(\C)CCC=C(C)C)CCO.Cl. The Morgan fingerprint density at radius 1 is 0.720 bits per heavy atom. The largest absolute Gasteiger partial charge is 0.395 e. The molecule has 0 atom stereocenters. The van der Waals surface area contributed by atoms with Crippen molar-refractivity contribution in [1.29, 1.82) is 0 Å². The molecule has 0 aromatic carbocycles. The molecule has 0 bridgehead atoms. The molecule has 25 heavy (non-hydrogen) atoms. The molecule has 2 nitrogen and oxygen atoms in total. The number of aliphatic hydroxyl groups is 1. The molecule has 0 saturated heterocycles. The molecule has 0 heterocycles. The molecule has 0 aliphatic rings. The monoisotopic (exact) mass is 369 g/mol. The summed E-state index contributed by atoms with van der Waals surface area (Å²) >= 11 is 0. The number of hydrogen-bond acceptors (Lipinski definition) is 2. The summed E-state index contributed by atoms with van der Waals surface area (Å²) in [6.45, 7) is 15.8. The first-order valence-corrected chi connectivity index (χ1v) is 9.26. The van der Waals surface area contributed by atoms with Gasteiger partial charge < -0.3 is 5.11 Å². The molecule has 0 spiro atoms. The normalized spacial score (nSPS) is 12.0. The predicted molar refractivity (Wildman–Crippen MR) is 116 cm³/mol. The second-order valence-corrected chi connectivity index (χ2v) is 7.22. The Hall–Kier alpha value is -0.830. The van der Waals surface area contributed by atoms with Crippen molar-refractivity contribution >= 4 is 12.4 Å². The number of aliphatic hydroxyl groups excluding tert-OH is 1. The summed E-state index contributed by atoms with van der Waals surface area (Å²) < 4.78 is 0. The van der Waals surface area contributed by atoms with Crippen LogP contribution in [0.2, 0.25) is 0 Å². The van der Waals surface area contributed by atoms with Crippen molar-refractivity contribution in [2.24, 2.45) is 0 Å². The molecule has 3 heteroatoms. The van der Waals surface area contributed by atoms with Gasteiger partial charge in [-0.3, -0.25) is 4.90 Å². The molecule has 0 aromatic rings. The summed E-state index contributed by atoms with van der Waals surface area (Å²) in [4.78, 5) is 2.30. The lowest BCUT2D eigenvalue weighted by atomic mass is 10.1. The molecule has 0 aliphatic heterocycles. The minimum atomic E-state index is 0. The first kappa shape index (κ1) is 26.4. The Labute approximate surface area is 162 Å². The van der Waals surface area contributed by atoms with Crippen LogP contribution < -0.4 is 0 Å². The van der Waals surface area contributed by atoms with Gasteiger partial charge in [0.15, 0.2) is 0 Å². The van der Waals surface area contributed by atoms with Gasteiger partial charge in [0, 0.05) is 19.6 Å². The molecule has 0 amide bonds. The summed E-state index contributed by atoms with van der Waals surface area (Å²) in [7, 11) is 0. The number of nitrogens with zero attached hydrogens (tertiary/aromatic N) is 1. The molecule has 0 radical (unpaired) electrons. The summed E-state index contributed by atoms with van der Waals surface area (Å²) in [5.41, 5.74) is 5.64. The van der Waals surface area contributed by atoms with Crippen molar-refractivity contribution in [3.63, 3.8) is 0 Å². The standard InChI is InChI=1S/C22H39NO.ClH/c1-19(2)9-7-11-21(5)13-15-23(17-18-24)16-14-22(6)12-8-10-20(3)4;/h9-10,13-14,24H,7-8,11-12,15-18H2,1-6H3;1H/b21-13+,22-14+;. The van der Waals surface area contributed by atoms with Crippen LogP contribution in [0.4, 0.5) is 0 Å². The van der Waals surface area contributed by atoms with E-state index in [4.69, 9.17) is 0 Å². The molecular weight excluding hydrogens is 330 g/mol. The quantitative estimate of drug-likeness (QED) is 0.421. The summed E-state index contributed by atoms with van der Waals surface area (Å²) in [6.07, 6.45) is 13.7. The van der Waals surface area contributed by atoms with Crippen molar-refractivity contribution in [1.82, 2.24) is 4.90 Å². The van der Waals surface area contributed by atoms with Gasteiger partial charge in [0.25, 0.3) is 0 Å². The van der Waals surface area contributed by atoms with E-state index in [1.165, 1.54) is 22.3 Å². The van der Waals surface area contributed by atoms with E-state index in [1.54, 1.807) is 0 Å². The van der Waals surface area contributed by atoms with Crippen LogP contribution >= 0.6 is 12.4 Å². The average Bonchev–Trinajstić information content (AvgIpc) is 2.49. The number of hydrogen-bond donors (Lipinski definition) is 1. The van der Waals surface area contributed by atoms with E-state index >= 15 is 0 Å². The third-order valence-electron chi connectivity index (χ3n) is 3.99. The smallest absolute Gasteiger partial charge is 0.0558 e. The number of allylic oxidation sites excluding steroid dienone is 6. The molecule has 0 fully saturated rings. The molecule has 1 N–H and O–H groups in total. The van der Waals surface area contributed by atoms with E-state index in [0.717, 1.165) is 45.3 Å². The summed E-state index contributed by atoms with van der Waals surface area (Å²) in [5.74, 6) is 0. The Morgan fingerprint density at radius 2 is 1.12 bits per heavy atom. The highest BCUT2D eigenvalue weighted by Crippen LogP contribution is 2.09. The number of rotatable bonds is 12. The van der Waals surface area contributed by atoms with Gasteiger partial charge in [-0.1, -0.05) is 46.6 Å². The fourth-order valence-corrected chi connectivity index (χ4v) is 2.35. The van der Waals surface area contributed by atoms with Crippen molar-refractivity contribution in [3.05, 3.63) is 46.6 Å². The zero-order valence-electron chi connectivity index (χ0n) is 17.3. The van der Waals surface area contributed by atoms with Crippen LogP contribution in [0, 0.1) is 0 Å². The van der Waals surface area contributed by atoms with Gasteiger partial charge in [-0.25, -0.2) is 0 Å². The van der Waals surface area contributed by atoms with Gasteiger partial charge in [-0.05, 0) is 67.2 Å². The van der Waals surface area contributed by atoms with Gasteiger partial charge in [0.1, 0.15) is 0 Å². The summed E-state index contributed by atoms with van der Waals surface area (Å²) in [5, 5.41) is 9.27. The van der Waals surface area contributed by atoms with E-state index < -0.39 is 0 Å². The minimum Gasteiger partial charge on any atom is -0.395 e. The Morgan fingerprint density at radius 3 is 1.44 bits per heavy atom. The van der Waals surface area contributed by atoms with Crippen LogP contribution in [-0.2, 0) is 0 Å². The van der Waals surface area contributed by atoms with Gasteiger partial charge in [0.2, 0.25) is 0 Å². The third-order valence-corrected chi connectivity index (χ3v) is 3.99. The van der Waals surface area contributed by atoms with Crippen LogP contribution in [0.5, 0.6) is 0 Å². The molecule has 0 aliphatic carbocycles. The summed E-state index contributed by atoms with van der Waals surface area (Å²) in [6, 6.07) is 0. The highest BCUT2D eigenvalue weighted by atomic mass is 35.5. The van der Waals surface area contributed by atoms with Gasteiger partial charge >= 0.3 is 0 Å². The second-order valence-electron chi connectivity index (χ2n) is 7.22. The van der Waals surface area contributed by atoms with E-state index in [-0.39, 0.29) is 19.0 Å². The molecule has 0 saturated carbocycles. The highest BCUT2D eigenvalue weighted by Gasteiger charge is 2.01. The maximum atomic E-state index is 9.27. The Bertz CT molecular complexity index is 413. The minimum absolute atomic E-state index is 0. The van der Waals surface area contributed by atoms with Crippen molar-refractivity contribution in [2.45, 2.75) is 67.2 Å². The maximum absolute atomic E-state index is 9.27. The van der Waals surface area contributed by atoms with Crippen molar-refractivity contribution < 1.29 is 5.11 Å². The van der Waals surface area contributed by atoms with E-state index in [0.29, 0.717) is 0 Å².